The summed E-state index contributed by atoms with van der Waals surface area (Å²) in [4.78, 5) is 27.9. The van der Waals surface area contributed by atoms with E-state index >= 15 is 0 Å². The normalized spacial score (nSPS) is 16.5. The van der Waals surface area contributed by atoms with Crippen molar-refractivity contribution in [3.05, 3.63) is 53.9 Å². The van der Waals surface area contributed by atoms with Crippen LogP contribution in [0.15, 0.2) is 42.7 Å². The molecule has 7 heteroatoms. The lowest BCUT2D eigenvalue weighted by Crippen LogP contribution is -2.20. The largest absolute Gasteiger partial charge is 0.325 e. The van der Waals surface area contributed by atoms with Crippen molar-refractivity contribution in [2.75, 3.05) is 10.6 Å². The molecule has 1 atom stereocenters. The molecule has 1 aliphatic heterocycles. The maximum absolute atomic E-state index is 13.3. The Morgan fingerprint density at radius 1 is 1.33 bits per heavy atom. The van der Waals surface area contributed by atoms with Crippen molar-refractivity contribution in [2.45, 2.75) is 25.2 Å². The number of hydrogen-bond acceptors (Lipinski definition) is 3. The smallest absolute Gasteiger partial charge is 0.272 e. The number of carbonyl (C=O) groups is 2. The Bertz CT molecular complexity index is 802. The quantitative estimate of drug-likeness (QED) is 0.903. The predicted octanol–water partition coefficient (Wildman–Crippen LogP) is 3.26. The maximum atomic E-state index is 13.3. The number of nitrogens with zero attached hydrogens (tertiary/aromatic N) is 1. The van der Waals surface area contributed by atoms with Gasteiger partial charge in [0.05, 0.1) is 17.8 Å². The van der Waals surface area contributed by atoms with Gasteiger partial charge in [-0.3, -0.25) is 14.6 Å². The number of fused-ring (bicyclic) bond motifs is 1. The van der Waals surface area contributed by atoms with E-state index in [2.05, 4.69) is 15.6 Å². The summed E-state index contributed by atoms with van der Waals surface area (Å²) >= 11 is 0. The summed E-state index contributed by atoms with van der Waals surface area (Å²) in [5.41, 5.74) is 1.33. The number of aromatic nitrogens is 1. The highest BCUT2D eigenvalue weighted by atomic mass is 19.3. The second kappa shape index (κ2) is 5.99. The first-order valence-corrected chi connectivity index (χ1v) is 7.37. The monoisotopic (exact) mass is 331 g/mol. The van der Waals surface area contributed by atoms with Crippen LogP contribution in [-0.4, -0.2) is 16.8 Å². The molecule has 2 amide bonds. The van der Waals surface area contributed by atoms with Gasteiger partial charge < -0.3 is 10.6 Å². The number of alkyl halides is 2. The number of nitrogens with one attached hydrogen (secondary N) is 2. The first kappa shape index (κ1) is 16.0. The van der Waals surface area contributed by atoms with Gasteiger partial charge in [-0.15, -0.1) is 0 Å². The highest BCUT2D eigenvalue weighted by Gasteiger charge is 2.32. The molecule has 1 aromatic heterocycles. The summed E-state index contributed by atoms with van der Waals surface area (Å²) in [7, 11) is 0. The van der Waals surface area contributed by atoms with Gasteiger partial charge in [0.2, 0.25) is 11.8 Å². The van der Waals surface area contributed by atoms with Gasteiger partial charge in [0.15, 0.2) is 0 Å². The lowest BCUT2D eigenvalue weighted by molar-refractivity contribution is -0.122. The lowest BCUT2D eigenvalue weighted by atomic mass is 9.97. The van der Waals surface area contributed by atoms with Crippen LogP contribution in [-0.2, 0) is 15.5 Å². The summed E-state index contributed by atoms with van der Waals surface area (Å²) in [5.74, 6) is -4.33. The lowest BCUT2D eigenvalue weighted by Gasteiger charge is -2.13. The molecular weight excluding hydrogens is 316 g/mol. The molecule has 0 saturated carbocycles. The summed E-state index contributed by atoms with van der Waals surface area (Å²) < 4.78 is 26.6. The second-order valence-electron chi connectivity index (χ2n) is 5.73. The van der Waals surface area contributed by atoms with Gasteiger partial charge in [0.1, 0.15) is 0 Å². The van der Waals surface area contributed by atoms with E-state index in [9.17, 15) is 18.4 Å². The van der Waals surface area contributed by atoms with Crippen LogP contribution in [0.4, 0.5) is 20.2 Å². The Hall–Kier alpha value is -2.83. The second-order valence-corrected chi connectivity index (χ2v) is 5.73. The third kappa shape index (κ3) is 3.24. The van der Waals surface area contributed by atoms with E-state index < -0.39 is 17.7 Å². The number of hydrogen-bond donors (Lipinski definition) is 2. The van der Waals surface area contributed by atoms with Gasteiger partial charge in [-0.25, -0.2) is 8.78 Å². The first-order chi connectivity index (χ1) is 11.3. The molecule has 1 unspecified atom stereocenters. The molecule has 24 heavy (non-hydrogen) atoms. The van der Waals surface area contributed by atoms with Crippen LogP contribution in [0, 0.1) is 0 Å². The Morgan fingerprint density at radius 2 is 2.08 bits per heavy atom. The Balaban J connectivity index is 1.72. The van der Waals surface area contributed by atoms with Crippen LogP contribution in [0.25, 0.3) is 0 Å². The van der Waals surface area contributed by atoms with Gasteiger partial charge in [-0.1, -0.05) is 18.2 Å². The summed E-state index contributed by atoms with van der Waals surface area (Å²) in [6, 6.07) is 8.31. The average Bonchev–Trinajstić information content (AvgIpc) is 2.83. The molecule has 0 radical (unpaired) electrons. The zero-order valence-corrected chi connectivity index (χ0v) is 12.8. The average molecular weight is 331 g/mol. The van der Waals surface area contributed by atoms with Crippen molar-refractivity contribution in [1.82, 2.24) is 4.98 Å². The molecule has 5 nitrogen and oxygen atoms in total. The van der Waals surface area contributed by atoms with Crippen LogP contribution < -0.4 is 10.6 Å². The number of amides is 2. The number of pyridine rings is 1. The first-order valence-electron chi connectivity index (χ1n) is 7.37. The van der Waals surface area contributed by atoms with Crippen molar-refractivity contribution in [3.63, 3.8) is 0 Å². The van der Waals surface area contributed by atoms with Crippen LogP contribution in [0.2, 0.25) is 0 Å². The standard InChI is InChI=1S/C17H15F2N3O2/c1-17(18,19)10-6-11(9-20-8-10)21-15(23)7-13-12-4-2-3-5-14(12)22-16(13)24/h2-6,8-9,13H,7H2,1H3,(H,21,23)(H,22,24). The SMILES string of the molecule is CC(F)(F)c1cncc(NC(=O)CC2C(=O)Nc3ccccc32)c1. The molecule has 0 spiro atoms. The zero-order chi connectivity index (χ0) is 17.3. The van der Waals surface area contributed by atoms with E-state index in [1.54, 1.807) is 24.3 Å². The number of para-hydroxylation sites is 1. The van der Waals surface area contributed by atoms with Crippen molar-refractivity contribution in [1.29, 1.82) is 0 Å². The van der Waals surface area contributed by atoms with Gasteiger partial charge in [-0.2, -0.15) is 0 Å². The van der Waals surface area contributed by atoms with Crippen LogP contribution in [0.1, 0.15) is 30.4 Å². The van der Waals surface area contributed by atoms with Gasteiger partial charge in [0.25, 0.3) is 5.92 Å². The van der Waals surface area contributed by atoms with Crippen molar-refractivity contribution < 1.29 is 18.4 Å². The minimum Gasteiger partial charge on any atom is -0.325 e. The highest BCUT2D eigenvalue weighted by molar-refractivity contribution is 6.06. The number of benzene rings is 1. The Kier molecular flexibility index (Phi) is 4.01. The van der Waals surface area contributed by atoms with E-state index in [0.717, 1.165) is 18.7 Å². The van der Waals surface area contributed by atoms with E-state index in [-0.39, 0.29) is 23.6 Å². The molecule has 2 heterocycles. The Morgan fingerprint density at radius 3 is 2.83 bits per heavy atom. The molecule has 0 fully saturated rings. The van der Waals surface area contributed by atoms with E-state index in [4.69, 9.17) is 0 Å². The number of halogens is 2. The van der Waals surface area contributed by atoms with Gasteiger partial charge in [0, 0.05) is 30.8 Å². The number of rotatable bonds is 4. The molecule has 0 bridgehead atoms. The number of carbonyl (C=O) groups excluding carboxylic acids is 2. The predicted molar refractivity (Wildman–Crippen MR) is 84.9 cm³/mol. The van der Waals surface area contributed by atoms with Crippen molar-refractivity contribution in [2.24, 2.45) is 0 Å². The van der Waals surface area contributed by atoms with E-state index in [0.29, 0.717) is 5.69 Å². The molecule has 124 valence electrons. The fourth-order valence-corrected chi connectivity index (χ4v) is 2.62. The topological polar surface area (TPSA) is 71.1 Å². The van der Waals surface area contributed by atoms with Gasteiger partial charge >= 0.3 is 0 Å². The summed E-state index contributed by atoms with van der Waals surface area (Å²) in [6.45, 7) is 0.759. The molecular formula is C17H15F2N3O2. The highest BCUT2D eigenvalue weighted by Crippen LogP contribution is 2.34. The minimum absolute atomic E-state index is 0.0738. The molecule has 0 saturated heterocycles. The third-order valence-corrected chi connectivity index (χ3v) is 3.83. The Labute approximate surface area is 137 Å². The molecule has 0 aliphatic carbocycles. The van der Waals surface area contributed by atoms with E-state index in [1.807, 2.05) is 0 Å². The molecule has 2 N–H and O–H groups in total. The van der Waals surface area contributed by atoms with E-state index in [1.165, 1.54) is 12.3 Å². The van der Waals surface area contributed by atoms with Crippen LogP contribution in [0.3, 0.4) is 0 Å². The molecule has 3 rings (SSSR count). The minimum atomic E-state index is -3.04. The maximum Gasteiger partial charge on any atom is 0.272 e. The molecule has 1 aromatic carbocycles. The fourth-order valence-electron chi connectivity index (χ4n) is 2.62. The summed E-state index contributed by atoms with van der Waals surface area (Å²) in [6.07, 6.45) is 2.27. The van der Waals surface area contributed by atoms with Gasteiger partial charge in [-0.05, 0) is 17.7 Å². The number of anilines is 2. The molecule has 1 aliphatic rings. The zero-order valence-electron chi connectivity index (χ0n) is 12.8. The van der Waals surface area contributed by atoms with Crippen molar-refractivity contribution in [3.8, 4) is 0 Å². The van der Waals surface area contributed by atoms with Crippen molar-refractivity contribution >= 4 is 23.2 Å². The summed E-state index contributed by atoms with van der Waals surface area (Å²) in [5, 5.41) is 5.23. The fraction of sp³-hybridized carbons (Fsp3) is 0.235. The third-order valence-electron chi connectivity index (χ3n) is 3.83. The molecule has 2 aromatic rings. The van der Waals surface area contributed by atoms with Crippen LogP contribution in [0.5, 0.6) is 0 Å². The van der Waals surface area contributed by atoms with Crippen LogP contribution >= 0.6 is 0 Å².